The molecular weight excluding hydrogens is 299 g/mol. The monoisotopic (exact) mass is 320 g/mol. The standard InChI is InChI=1S/C14H21ClN2O2.ClH/c1-10(2)9-19-13-5-4-11(8-12(13)15)17-14(18)6-7-16-3;/h4-5,8,10,16H,6-7,9H2,1-3H3,(H,17,18);1H. The zero-order valence-corrected chi connectivity index (χ0v) is 13.6. The molecule has 0 aliphatic carbocycles. The van der Waals surface area contributed by atoms with E-state index in [1.165, 1.54) is 0 Å². The van der Waals surface area contributed by atoms with Gasteiger partial charge in [-0.15, -0.1) is 12.4 Å². The lowest BCUT2D eigenvalue weighted by atomic mass is 10.2. The van der Waals surface area contributed by atoms with Crippen LogP contribution in [0, 0.1) is 5.92 Å². The van der Waals surface area contributed by atoms with Crippen LogP contribution >= 0.6 is 24.0 Å². The lowest BCUT2D eigenvalue weighted by Crippen LogP contribution is -2.18. The maximum absolute atomic E-state index is 11.6. The third-order valence-corrected chi connectivity index (χ3v) is 2.69. The molecule has 6 heteroatoms. The second-order valence-corrected chi connectivity index (χ2v) is 5.16. The molecule has 1 aromatic carbocycles. The van der Waals surface area contributed by atoms with Gasteiger partial charge in [-0.05, 0) is 31.2 Å². The van der Waals surface area contributed by atoms with Gasteiger partial charge in [0.15, 0.2) is 0 Å². The van der Waals surface area contributed by atoms with Crippen molar-refractivity contribution < 1.29 is 9.53 Å². The van der Waals surface area contributed by atoms with E-state index in [0.717, 1.165) is 0 Å². The predicted octanol–water partition coefficient (Wildman–Crippen LogP) is 3.34. The fourth-order valence-corrected chi connectivity index (χ4v) is 1.65. The molecule has 0 aliphatic heterocycles. The van der Waals surface area contributed by atoms with E-state index in [4.69, 9.17) is 16.3 Å². The van der Waals surface area contributed by atoms with Gasteiger partial charge >= 0.3 is 0 Å². The number of benzene rings is 1. The Morgan fingerprint density at radius 3 is 2.65 bits per heavy atom. The van der Waals surface area contributed by atoms with Crippen LogP contribution in [0.4, 0.5) is 5.69 Å². The molecule has 0 saturated carbocycles. The first kappa shape index (κ1) is 19.0. The molecule has 0 bridgehead atoms. The molecule has 1 amide bonds. The fourth-order valence-electron chi connectivity index (χ4n) is 1.41. The summed E-state index contributed by atoms with van der Waals surface area (Å²) in [5.41, 5.74) is 0.683. The molecule has 0 radical (unpaired) electrons. The number of hydrogen-bond donors (Lipinski definition) is 2. The Hall–Kier alpha value is -0.970. The first-order valence-corrected chi connectivity index (χ1v) is 6.77. The average Bonchev–Trinajstić information content (AvgIpc) is 2.35. The molecular formula is C14H22Cl2N2O2. The Morgan fingerprint density at radius 1 is 1.40 bits per heavy atom. The second-order valence-electron chi connectivity index (χ2n) is 4.75. The molecule has 0 atom stereocenters. The van der Waals surface area contributed by atoms with E-state index in [2.05, 4.69) is 24.5 Å². The Labute approximate surface area is 131 Å². The highest BCUT2D eigenvalue weighted by molar-refractivity contribution is 6.32. The highest BCUT2D eigenvalue weighted by atomic mass is 35.5. The lowest BCUT2D eigenvalue weighted by Gasteiger charge is -2.11. The van der Waals surface area contributed by atoms with Gasteiger partial charge in [-0.1, -0.05) is 25.4 Å². The number of carbonyl (C=O) groups excluding carboxylic acids is 1. The van der Waals surface area contributed by atoms with Crippen molar-refractivity contribution in [3.8, 4) is 5.75 Å². The van der Waals surface area contributed by atoms with Crippen molar-refractivity contribution in [1.82, 2.24) is 5.32 Å². The number of hydrogen-bond acceptors (Lipinski definition) is 3. The Kier molecular flexibility index (Phi) is 9.38. The molecule has 20 heavy (non-hydrogen) atoms. The molecule has 1 aromatic rings. The van der Waals surface area contributed by atoms with Crippen LogP contribution in [0.15, 0.2) is 18.2 Å². The smallest absolute Gasteiger partial charge is 0.225 e. The van der Waals surface area contributed by atoms with E-state index >= 15 is 0 Å². The van der Waals surface area contributed by atoms with Crippen molar-refractivity contribution in [2.75, 3.05) is 25.5 Å². The van der Waals surface area contributed by atoms with E-state index in [0.29, 0.717) is 41.9 Å². The van der Waals surface area contributed by atoms with Crippen molar-refractivity contribution in [2.45, 2.75) is 20.3 Å². The maximum Gasteiger partial charge on any atom is 0.225 e. The quantitative estimate of drug-likeness (QED) is 0.810. The van der Waals surface area contributed by atoms with Crippen molar-refractivity contribution >= 4 is 35.6 Å². The third-order valence-electron chi connectivity index (χ3n) is 2.39. The van der Waals surface area contributed by atoms with Gasteiger partial charge in [-0.3, -0.25) is 4.79 Å². The van der Waals surface area contributed by atoms with Crippen LogP contribution in [-0.2, 0) is 4.79 Å². The van der Waals surface area contributed by atoms with Crippen LogP contribution in [0.2, 0.25) is 5.02 Å². The van der Waals surface area contributed by atoms with E-state index in [1.54, 1.807) is 18.2 Å². The largest absolute Gasteiger partial charge is 0.492 e. The van der Waals surface area contributed by atoms with Crippen LogP contribution in [0.3, 0.4) is 0 Å². The number of anilines is 1. The minimum atomic E-state index is -0.0405. The summed E-state index contributed by atoms with van der Waals surface area (Å²) in [5.74, 6) is 1.04. The molecule has 1 rings (SSSR count). The highest BCUT2D eigenvalue weighted by Gasteiger charge is 2.06. The van der Waals surface area contributed by atoms with Crippen molar-refractivity contribution in [3.63, 3.8) is 0 Å². The van der Waals surface area contributed by atoms with Gasteiger partial charge in [-0.2, -0.15) is 0 Å². The van der Waals surface area contributed by atoms with Crippen molar-refractivity contribution in [3.05, 3.63) is 23.2 Å². The summed E-state index contributed by atoms with van der Waals surface area (Å²) >= 11 is 6.11. The van der Waals surface area contributed by atoms with Crippen LogP contribution in [0.5, 0.6) is 5.75 Å². The molecule has 4 nitrogen and oxygen atoms in total. The zero-order valence-electron chi connectivity index (χ0n) is 12.0. The first-order chi connectivity index (χ1) is 9.02. The van der Waals surface area contributed by atoms with Crippen LogP contribution in [0.1, 0.15) is 20.3 Å². The molecule has 0 fully saturated rings. The summed E-state index contributed by atoms with van der Waals surface area (Å²) in [6.07, 6.45) is 0.430. The Morgan fingerprint density at radius 2 is 2.10 bits per heavy atom. The number of carbonyl (C=O) groups is 1. The topological polar surface area (TPSA) is 50.4 Å². The Balaban J connectivity index is 0.00000361. The minimum Gasteiger partial charge on any atom is -0.492 e. The number of amides is 1. The summed E-state index contributed by atoms with van der Waals surface area (Å²) in [5, 5.41) is 6.22. The summed E-state index contributed by atoms with van der Waals surface area (Å²) < 4.78 is 5.57. The average molecular weight is 321 g/mol. The van der Waals surface area contributed by atoms with E-state index in [9.17, 15) is 4.79 Å². The maximum atomic E-state index is 11.6. The highest BCUT2D eigenvalue weighted by Crippen LogP contribution is 2.28. The van der Waals surface area contributed by atoms with E-state index in [1.807, 2.05) is 7.05 Å². The van der Waals surface area contributed by atoms with Gasteiger partial charge in [0.25, 0.3) is 0 Å². The SMILES string of the molecule is CNCCC(=O)Nc1ccc(OCC(C)C)c(Cl)c1.Cl. The molecule has 0 heterocycles. The Bertz CT molecular complexity index is 426. The van der Waals surface area contributed by atoms with Gasteiger partial charge in [0.1, 0.15) is 5.75 Å². The van der Waals surface area contributed by atoms with E-state index < -0.39 is 0 Å². The zero-order chi connectivity index (χ0) is 14.3. The number of nitrogens with one attached hydrogen (secondary N) is 2. The summed E-state index contributed by atoms with van der Waals surface area (Å²) in [4.78, 5) is 11.6. The van der Waals surface area contributed by atoms with Gasteiger partial charge in [-0.25, -0.2) is 0 Å². The first-order valence-electron chi connectivity index (χ1n) is 6.39. The lowest BCUT2D eigenvalue weighted by molar-refractivity contribution is -0.116. The van der Waals surface area contributed by atoms with E-state index in [-0.39, 0.29) is 18.3 Å². The minimum absolute atomic E-state index is 0. The number of rotatable bonds is 7. The van der Waals surface area contributed by atoms with Gasteiger partial charge in [0.05, 0.1) is 11.6 Å². The number of ether oxygens (including phenoxy) is 1. The van der Waals surface area contributed by atoms with Gasteiger partial charge in [0, 0.05) is 18.7 Å². The van der Waals surface area contributed by atoms with Crippen LogP contribution in [-0.4, -0.2) is 26.1 Å². The fraction of sp³-hybridized carbons (Fsp3) is 0.500. The van der Waals surface area contributed by atoms with Gasteiger partial charge < -0.3 is 15.4 Å². The van der Waals surface area contributed by atoms with Gasteiger partial charge in [0.2, 0.25) is 5.91 Å². The number of halogens is 2. The molecule has 0 spiro atoms. The molecule has 114 valence electrons. The second kappa shape index (κ2) is 9.86. The van der Waals surface area contributed by atoms with Crippen molar-refractivity contribution in [1.29, 1.82) is 0 Å². The third kappa shape index (κ3) is 6.98. The molecule has 2 N–H and O–H groups in total. The summed E-state index contributed by atoms with van der Waals surface area (Å²) in [6, 6.07) is 5.27. The normalized spacial score (nSPS) is 10.1. The van der Waals surface area contributed by atoms with Crippen LogP contribution in [0.25, 0.3) is 0 Å². The van der Waals surface area contributed by atoms with Crippen LogP contribution < -0.4 is 15.4 Å². The summed E-state index contributed by atoms with van der Waals surface area (Å²) in [7, 11) is 1.81. The molecule has 0 aromatic heterocycles. The predicted molar refractivity (Wildman–Crippen MR) is 86.2 cm³/mol. The molecule has 0 saturated heterocycles. The summed E-state index contributed by atoms with van der Waals surface area (Å²) in [6.45, 7) is 5.41. The van der Waals surface area contributed by atoms with Crippen molar-refractivity contribution in [2.24, 2.45) is 5.92 Å². The molecule has 0 aliphatic rings. The molecule has 0 unspecified atom stereocenters.